The normalized spacial score (nSPS) is 31.5. The summed E-state index contributed by atoms with van der Waals surface area (Å²) in [5.41, 5.74) is 0.483. The molecular weight excluding hydrogens is 184 g/mol. The Bertz CT molecular complexity index is 229. The molecule has 0 aromatic rings. The summed E-state index contributed by atoms with van der Waals surface area (Å²) >= 11 is 0. The molecule has 1 fully saturated rings. The van der Waals surface area contributed by atoms with Crippen molar-refractivity contribution in [3.8, 4) is 0 Å². The standard InChI is InChI=1S/C14H26O/c1-10(12(3)15)6-8-13-9-7-11(2)14(13,4)5/h10-11,13H,6-9H2,1-5H3/t10?,11?,13-/m1/s1. The van der Waals surface area contributed by atoms with Crippen molar-refractivity contribution >= 4 is 5.78 Å². The minimum atomic E-state index is 0.261. The highest BCUT2D eigenvalue weighted by Crippen LogP contribution is 2.49. The second-order valence-corrected chi connectivity index (χ2v) is 6.09. The molecule has 3 atom stereocenters. The van der Waals surface area contributed by atoms with Crippen LogP contribution in [0.1, 0.15) is 60.3 Å². The summed E-state index contributed by atoms with van der Waals surface area (Å²) in [5.74, 6) is 2.28. The van der Waals surface area contributed by atoms with Crippen LogP contribution in [-0.4, -0.2) is 5.78 Å². The average Bonchev–Trinajstić information content (AvgIpc) is 2.39. The fraction of sp³-hybridized carbons (Fsp3) is 0.929. The molecule has 88 valence electrons. The van der Waals surface area contributed by atoms with Gasteiger partial charge in [0.25, 0.3) is 0 Å². The molecule has 0 radical (unpaired) electrons. The van der Waals surface area contributed by atoms with Gasteiger partial charge in [0.15, 0.2) is 0 Å². The van der Waals surface area contributed by atoms with Gasteiger partial charge in [0.2, 0.25) is 0 Å². The molecule has 0 bridgehead atoms. The minimum Gasteiger partial charge on any atom is -0.300 e. The Morgan fingerprint density at radius 3 is 2.40 bits per heavy atom. The second-order valence-electron chi connectivity index (χ2n) is 6.09. The Kier molecular flexibility index (Phi) is 3.97. The summed E-state index contributed by atoms with van der Waals surface area (Å²) in [7, 11) is 0. The van der Waals surface area contributed by atoms with Crippen molar-refractivity contribution in [2.24, 2.45) is 23.2 Å². The average molecular weight is 210 g/mol. The third-order valence-corrected chi connectivity index (χ3v) is 4.91. The maximum absolute atomic E-state index is 11.2. The van der Waals surface area contributed by atoms with Crippen molar-refractivity contribution in [3.05, 3.63) is 0 Å². The Morgan fingerprint density at radius 1 is 1.40 bits per heavy atom. The Morgan fingerprint density at radius 2 is 2.00 bits per heavy atom. The van der Waals surface area contributed by atoms with E-state index in [1.165, 1.54) is 19.3 Å². The zero-order valence-corrected chi connectivity index (χ0v) is 11.0. The lowest BCUT2D eigenvalue weighted by Gasteiger charge is -2.31. The van der Waals surface area contributed by atoms with Gasteiger partial charge in [-0.3, -0.25) is 4.79 Å². The van der Waals surface area contributed by atoms with Gasteiger partial charge in [-0.25, -0.2) is 0 Å². The lowest BCUT2D eigenvalue weighted by atomic mass is 9.74. The first kappa shape index (κ1) is 12.7. The highest BCUT2D eigenvalue weighted by Gasteiger charge is 2.39. The molecule has 0 amide bonds. The molecule has 1 aliphatic carbocycles. The van der Waals surface area contributed by atoms with Crippen LogP contribution in [0.3, 0.4) is 0 Å². The monoisotopic (exact) mass is 210 g/mol. The molecule has 0 heterocycles. The molecule has 1 heteroatoms. The van der Waals surface area contributed by atoms with Crippen molar-refractivity contribution in [1.29, 1.82) is 0 Å². The van der Waals surface area contributed by atoms with Crippen LogP contribution in [0, 0.1) is 23.2 Å². The van der Waals surface area contributed by atoms with E-state index in [-0.39, 0.29) is 5.92 Å². The maximum Gasteiger partial charge on any atom is 0.132 e. The molecule has 1 saturated carbocycles. The topological polar surface area (TPSA) is 17.1 Å². The van der Waals surface area contributed by atoms with Crippen molar-refractivity contribution < 1.29 is 4.79 Å². The first-order valence-corrected chi connectivity index (χ1v) is 6.36. The van der Waals surface area contributed by atoms with E-state index in [1.54, 1.807) is 6.92 Å². The van der Waals surface area contributed by atoms with E-state index in [1.807, 2.05) is 0 Å². The molecule has 0 aliphatic heterocycles. The molecule has 0 aromatic carbocycles. The largest absolute Gasteiger partial charge is 0.300 e. The van der Waals surface area contributed by atoms with Gasteiger partial charge >= 0.3 is 0 Å². The summed E-state index contributed by atoms with van der Waals surface area (Å²) in [6.45, 7) is 10.9. The van der Waals surface area contributed by atoms with Gasteiger partial charge in [-0.15, -0.1) is 0 Å². The first-order valence-electron chi connectivity index (χ1n) is 6.36. The quantitative estimate of drug-likeness (QED) is 0.683. The first-order chi connectivity index (χ1) is 6.85. The van der Waals surface area contributed by atoms with Crippen molar-refractivity contribution in [2.45, 2.75) is 60.3 Å². The van der Waals surface area contributed by atoms with Gasteiger partial charge in [0, 0.05) is 5.92 Å². The number of ketones is 1. The molecule has 1 rings (SSSR count). The summed E-state index contributed by atoms with van der Waals surface area (Å²) in [6.07, 6.45) is 5.04. The Hall–Kier alpha value is -0.330. The summed E-state index contributed by atoms with van der Waals surface area (Å²) in [6, 6.07) is 0. The van der Waals surface area contributed by atoms with Crippen molar-refractivity contribution in [3.63, 3.8) is 0 Å². The van der Waals surface area contributed by atoms with Gasteiger partial charge in [-0.2, -0.15) is 0 Å². The van der Waals surface area contributed by atoms with Crippen LogP contribution < -0.4 is 0 Å². The van der Waals surface area contributed by atoms with Crippen LogP contribution >= 0.6 is 0 Å². The number of rotatable bonds is 4. The van der Waals surface area contributed by atoms with E-state index in [2.05, 4.69) is 27.7 Å². The maximum atomic E-state index is 11.2. The summed E-state index contributed by atoms with van der Waals surface area (Å²) < 4.78 is 0. The van der Waals surface area contributed by atoms with E-state index in [9.17, 15) is 4.79 Å². The Labute approximate surface area is 94.6 Å². The number of carbonyl (C=O) groups is 1. The van der Waals surface area contributed by atoms with Crippen molar-refractivity contribution in [2.75, 3.05) is 0 Å². The molecule has 0 spiro atoms. The minimum absolute atomic E-state index is 0.261. The molecule has 1 aliphatic rings. The SMILES string of the molecule is CC(=O)C(C)CC[C@@H]1CCC(C)C1(C)C. The van der Waals surface area contributed by atoms with E-state index >= 15 is 0 Å². The van der Waals surface area contributed by atoms with E-state index in [4.69, 9.17) is 0 Å². The predicted molar refractivity (Wildman–Crippen MR) is 64.7 cm³/mol. The van der Waals surface area contributed by atoms with Crippen LogP contribution in [0.25, 0.3) is 0 Å². The van der Waals surface area contributed by atoms with Gasteiger partial charge in [-0.1, -0.05) is 27.7 Å². The molecule has 0 aromatic heterocycles. The third kappa shape index (κ3) is 2.83. The van der Waals surface area contributed by atoms with Crippen LogP contribution in [0.2, 0.25) is 0 Å². The fourth-order valence-corrected chi connectivity index (χ4v) is 2.77. The number of Topliss-reactive ketones (excluding diaryl/α,β-unsaturated/α-hetero) is 1. The highest BCUT2D eigenvalue weighted by molar-refractivity contribution is 5.77. The van der Waals surface area contributed by atoms with E-state index in [0.717, 1.165) is 18.3 Å². The molecule has 15 heavy (non-hydrogen) atoms. The smallest absolute Gasteiger partial charge is 0.132 e. The van der Waals surface area contributed by atoms with Gasteiger partial charge in [0.1, 0.15) is 5.78 Å². The number of carbonyl (C=O) groups excluding carboxylic acids is 1. The van der Waals surface area contributed by atoms with Gasteiger partial charge in [-0.05, 0) is 49.9 Å². The third-order valence-electron chi connectivity index (χ3n) is 4.91. The van der Waals surface area contributed by atoms with Gasteiger partial charge < -0.3 is 0 Å². The molecule has 0 saturated heterocycles. The van der Waals surface area contributed by atoms with Crippen molar-refractivity contribution in [1.82, 2.24) is 0 Å². The lowest BCUT2D eigenvalue weighted by molar-refractivity contribution is -0.120. The zero-order valence-electron chi connectivity index (χ0n) is 11.0. The van der Waals surface area contributed by atoms with Gasteiger partial charge in [0.05, 0.1) is 0 Å². The summed E-state index contributed by atoms with van der Waals surface area (Å²) in [5, 5.41) is 0. The van der Waals surface area contributed by atoms with Crippen LogP contribution in [0.4, 0.5) is 0 Å². The Balaban J connectivity index is 2.43. The lowest BCUT2D eigenvalue weighted by Crippen LogP contribution is -2.24. The number of hydrogen-bond donors (Lipinski definition) is 0. The van der Waals surface area contributed by atoms with Crippen LogP contribution in [0.15, 0.2) is 0 Å². The zero-order chi connectivity index (χ0) is 11.6. The summed E-state index contributed by atoms with van der Waals surface area (Å²) in [4.78, 5) is 11.2. The van der Waals surface area contributed by atoms with E-state index < -0.39 is 0 Å². The van der Waals surface area contributed by atoms with Crippen LogP contribution in [-0.2, 0) is 4.79 Å². The van der Waals surface area contributed by atoms with Crippen LogP contribution in [0.5, 0.6) is 0 Å². The fourth-order valence-electron chi connectivity index (χ4n) is 2.77. The predicted octanol–water partition coefficient (Wildman–Crippen LogP) is 4.06. The molecular formula is C14H26O. The molecule has 1 nitrogen and oxygen atoms in total. The van der Waals surface area contributed by atoms with E-state index in [0.29, 0.717) is 11.2 Å². The number of hydrogen-bond acceptors (Lipinski definition) is 1. The highest BCUT2D eigenvalue weighted by atomic mass is 16.1. The molecule has 2 unspecified atom stereocenters. The second kappa shape index (κ2) is 4.67. The molecule has 0 N–H and O–H groups in total.